The number of alkyl halides is 10. The summed E-state index contributed by atoms with van der Waals surface area (Å²) in [5.41, 5.74) is 6.56. The summed E-state index contributed by atoms with van der Waals surface area (Å²) in [6, 6.07) is 44.1. The Morgan fingerprint density at radius 1 is 0.514 bits per heavy atom. The number of fused-ring (bicyclic) bond motifs is 6. The van der Waals surface area contributed by atoms with Crippen LogP contribution >= 0.6 is 0 Å². The Bertz CT molecular complexity index is 3740. The third-order valence-electron chi connectivity index (χ3n) is 13.8. The summed E-state index contributed by atoms with van der Waals surface area (Å²) in [7, 11) is -2.65. The molecule has 0 saturated carbocycles. The molecular formula is C57H39BF10N2O2. The molecule has 2 heterocycles. The first-order valence-electron chi connectivity index (χ1n) is 22.9. The summed E-state index contributed by atoms with van der Waals surface area (Å²) in [5, 5.41) is 11.7. The van der Waals surface area contributed by atoms with Gasteiger partial charge in [-0.2, -0.15) is 43.9 Å². The van der Waals surface area contributed by atoms with Crippen LogP contribution in [0.25, 0.3) is 92.5 Å². The van der Waals surface area contributed by atoms with Gasteiger partial charge in [0.05, 0.1) is 5.70 Å². The van der Waals surface area contributed by atoms with Gasteiger partial charge in [0.1, 0.15) is 13.2 Å². The molecule has 0 fully saturated rings. The normalized spacial score (nSPS) is 14.8. The molecule has 9 aromatic carbocycles. The SMILES string of the molecule is CC1=CC(C)=N/C1=C(/c1ccc2c3c(-c4ccccc4)c4c5cccc6cccc(c4c(-c4ccccc4)c3c3cccc1c32)c65)c1c(C)cc(C)n1B(OCC(F)(F)C(F)(F)F)OCC(F)(F)C(F)(F)F. The van der Waals surface area contributed by atoms with Crippen LogP contribution in [-0.4, -0.2) is 54.9 Å². The van der Waals surface area contributed by atoms with E-state index in [1.807, 2.05) is 66.7 Å². The van der Waals surface area contributed by atoms with Crippen molar-refractivity contribution >= 4 is 83.2 Å². The first kappa shape index (κ1) is 47.1. The van der Waals surface area contributed by atoms with Crippen LogP contribution < -0.4 is 0 Å². The van der Waals surface area contributed by atoms with Gasteiger partial charge < -0.3 is 13.8 Å². The summed E-state index contributed by atoms with van der Waals surface area (Å²) >= 11 is 0. The minimum atomic E-state index is -6.16. The molecule has 0 bridgehead atoms. The van der Waals surface area contributed by atoms with Crippen molar-refractivity contribution in [2.75, 3.05) is 13.2 Å². The van der Waals surface area contributed by atoms with Gasteiger partial charge in [-0.15, -0.1) is 0 Å². The zero-order chi connectivity index (χ0) is 50.8. The van der Waals surface area contributed by atoms with E-state index in [2.05, 4.69) is 60.7 Å². The van der Waals surface area contributed by atoms with E-state index in [-0.39, 0.29) is 17.0 Å². The van der Waals surface area contributed by atoms with Crippen LogP contribution in [-0.2, 0) is 9.31 Å². The highest BCUT2D eigenvalue weighted by atomic mass is 19.4. The summed E-state index contributed by atoms with van der Waals surface area (Å²) in [6.07, 6.45) is -10.6. The van der Waals surface area contributed by atoms with E-state index < -0.39 is 44.7 Å². The molecule has 15 heteroatoms. The van der Waals surface area contributed by atoms with Crippen LogP contribution in [0.4, 0.5) is 43.9 Å². The molecule has 0 saturated heterocycles. The van der Waals surface area contributed by atoms with Crippen molar-refractivity contribution in [2.24, 2.45) is 4.99 Å². The predicted octanol–water partition coefficient (Wildman–Crippen LogP) is 16.7. The molecule has 10 aromatic rings. The number of allylic oxidation sites excluding steroid dienone is 2. The third-order valence-corrected chi connectivity index (χ3v) is 13.8. The molecule has 1 aliphatic heterocycles. The summed E-state index contributed by atoms with van der Waals surface area (Å²) in [4.78, 5) is 4.88. The van der Waals surface area contributed by atoms with E-state index in [0.29, 0.717) is 33.5 Å². The summed E-state index contributed by atoms with van der Waals surface area (Å²) in [6.45, 7) is 1.53. The molecule has 0 spiro atoms. The van der Waals surface area contributed by atoms with Gasteiger partial charge >= 0.3 is 31.5 Å². The predicted molar refractivity (Wildman–Crippen MR) is 267 cm³/mol. The number of benzene rings is 7. The van der Waals surface area contributed by atoms with Crippen molar-refractivity contribution in [2.45, 2.75) is 51.9 Å². The minimum Gasteiger partial charge on any atom is -0.385 e. The van der Waals surface area contributed by atoms with Gasteiger partial charge in [-0.05, 0) is 143 Å². The molecule has 0 aliphatic carbocycles. The highest BCUT2D eigenvalue weighted by Gasteiger charge is 2.60. The Balaban J connectivity index is 1.25. The van der Waals surface area contributed by atoms with Crippen LogP contribution in [0.2, 0.25) is 0 Å². The van der Waals surface area contributed by atoms with Gasteiger partial charge in [-0.3, -0.25) is 4.99 Å². The number of hydrogen-bond acceptors (Lipinski definition) is 3. The maximum atomic E-state index is 14.6. The Morgan fingerprint density at radius 3 is 1.44 bits per heavy atom. The van der Waals surface area contributed by atoms with Gasteiger partial charge in [0.15, 0.2) is 0 Å². The van der Waals surface area contributed by atoms with Gasteiger partial charge in [0.2, 0.25) is 0 Å². The molecular weight excluding hydrogens is 945 g/mol. The average Bonchev–Trinajstić information content (AvgIpc) is 4.05. The maximum Gasteiger partial charge on any atom is 0.598 e. The number of hydrogen-bond donors (Lipinski definition) is 0. The van der Waals surface area contributed by atoms with Crippen molar-refractivity contribution in [1.82, 2.24) is 4.48 Å². The topological polar surface area (TPSA) is 35.8 Å². The molecule has 0 amide bonds. The first-order chi connectivity index (χ1) is 34.2. The standard InChI is InChI=1S/C57H39BF10N2O2/c1-30-26-32(3)69-52(30)51(53-31(2)27-33(4)70(53)58(71-28-54(59,60)56(63,64)65)72-29-55(61,62)57(66,67)68)38-24-25-42-46-37(38)20-13-23-41(46)49-44(35-14-7-5-8-15-35)47-39-21-11-18-34-19-12-22-40(43(34)39)48(47)45(50(42)49)36-16-9-6-10-17-36/h5-27H,28-29H2,1-4H3/b52-51-. The second-order valence-electron chi connectivity index (χ2n) is 18.4. The monoisotopic (exact) mass is 984 g/mol. The summed E-state index contributed by atoms with van der Waals surface area (Å²) < 4.78 is 151. The molecule has 0 N–H and O–H groups in total. The largest absolute Gasteiger partial charge is 0.598 e. The lowest BCUT2D eigenvalue weighted by atomic mass is 9.87. The second-order valence-corrected chi connectivity index (χ2v) is 18.4. The van der Waals surface area contributed by atoms with Crippen molar-refractivity contribution in [3.05, 3.63) is 173 Å². The molecule has 0 atom stereocenters. The lowest BCUT2D eigenvalue weighted by Crippen LogP contribution is -2.48. The number of aryl methyl sites for hydroxylation is 2. The quantitative estimate of drug-likeness (QED) is 0.0956. The number of rotatable bonds is 11. The molecule has 72 heavy (non-hydrogen) atoms. The third kappa shape index (κ3) is 7.25. The van der Waals surface area contributed by atoms with E-state index in [0.717, 1.165) is 86.0 Å². The Kier molecular flexibility index (Phi) is 10.9. The summed E-state index contributed by atoms with van der Waals surface area (Å²) in [5.74, 6) is -11.1. The highest BCUT2D eigenvalue weighted by molar-refractivity contribution is 6.47. The van der Waals surface area contributed by atoms with Gasteiger partial charge in [0.25, 0.3) is 0 Å². The fraction of sp³-hybridized carbons (Fsp3) is 0.175. The Hall–Kier alpha value is -7.23. The van der Waals surface area contributed by atoms with Crippen molar-refractivity contribution in [3.8, 4) is 22.3 Å². The lowest BCUT2D eigenvalue weighted by molar-refractivity contribution is -0.295. The van der Waals surface area contributed by atoms with E-state index in [9.17, 15) is 43.9 Å². The van der Waals surface area contributed by atoms with E-state index in [1.54, 1.807) is 26.8 Å². The van der Waals surface area contributed by atoms with Crippen LogP contribution in [0.5, 0.6) is 0 Å². The molecule has 1 aliphatic rings. The zero-order valence-corrected chi connectivity index (χ0v) is 38.8. The lowest BCUT2D eigenvalue weighted by Gasteiger charge is -2.27. The number of halogens is 10. The van der Waals surface area contributed by atoms with Crippen LogP contribution in [0.1, 0.15) is 36.4 Å². The minimum absolute atomic E-state index is 0.0131. The number of aliphatic imine (C=N–C) groups is 1. The van der Waals surface area contributed by atoms with Crippen molar-refractivity contribution in [1.29, 1.82) is 0 Å². The molecule has 11 rings (SSSR count). The number of aromatic nitrogens is 1. The maximum absolute atomic E-state index is 14.6. The second kappa shape index (κ2) is 16.7. The molecule has 4 nitrogen and oxygen atoms in total. The van der Waals surface area contributed by atoms with E-state index in [1.165, 1.54) is 13.0 Å². The van der Waals surface area contributed by atoms with Crippen LogP contribution in [0.3, 0.4) is 0 Å². The van der Waals surface area contributed by atoms with Gasteiger partial charge in [-0.25, -0.2) is 0 Å². The van der Waals surface area contributed by atoms with Crippen LogP contribution in [0.15, 0.2) is 156 Å². The van der Waals surface area contributed by atoms with Gasteiger partial charge in [0, 0.05) is 22.7 Å². The fourth-order valence-corrected chi connectivity index (χ4v) is 10.8. The van der Waals surface area contributed by atoms with Crippen LogP contribution in [0, 0.1) is 13.8 Å². The van der Waals surface area contributed by atoms with Gasteiger partial charge in [-0.1, -0.05) is 127 Å². The van der Waals surface area contributed by atoms with E-state index >= 15 is 0 Å². The Morgan fingerprint density at radius 2 is 0.972 bits per heavy atom. The van der Waals surface area contributed by atoms with Crippen molar-refractivity contribution < 1.29 is 53.2 Å². The molecule has 362 valence electrons. The first-order valence-corrected chi connectivity index (χ1v) is 22.9. The Labute approximate surface area is 405 Å². The fourth-order valence-electron chi connectivity index (χ4n) is 10.8. The molecule has 0 unspecified atom stereocenters. The van der Waals surface area contributed by atoms with Crippen molar-refractivity contribution in [3.63, 3.8) is 0 Å². The highest BCUT2D eigenvalue weighted by Crippen LogP contribution is 2.56. The smallest absolute Gasteiger partial charge is 0.385 e. The van der Waals surface area contributed by atoms with E-state index in [4.69, 9.17) is 14.3 Å². The number of nitrogens with zero attached hydrogens (tertiary/aromatic N) is 2. The zero-order valence-electron chi connectivity index (χ0n) is 38.8. The molecule has 0 radical (unpaired) electrons. The average molecular weight is 985 g/mol. The molecule has 1 aromatic heterocycles.